The Labute approximate surface area is 185 Å². The summed E-state index contributed by atoms with van der Waals surface area (Å²) in [5.74, 6) is 0. The third kappa shape index (κ3) is 4.60. The summed E-state index contributed by atoms with van der Waals surface area (Å²) in [6.45, 7) is 8.22. The van der Waals surface area contributed by atoms with Crippen molar-refractivity contribution in [2.45, 2.75) is 32.7 Å². The van der Waals surface area contributed by atoms with E-state index in [9.17, 15) is 5.26 Å². The second-order valence-electron chi connectivity index (χ2n) is 8.34. The summed E-state index contributed by atoms with van der Waals surface area (Å²) in [6, 6.07) is 16.8. The van der Waals surface area contributed by atoms with Crippen molar-refractivity contribution in [3.8, 4) is 6.07 Å². The number of nitrogens with one attached hydrogen (secondary N) is 2. The monoisotopic (exact) mass is 413 g/mol. The molecule has 31 heavy (non-hydrogen) atoms. The second-order valence-corrected chi connectivity index (χ2v) is 8.34. The lowest BCUT2D eigenvalue weighted by Crippen LogP contribution is -2.28. The number of anilines is 1. The number of rotatable bonds is 4. The molecule has 2 aromatic rings. The van der Waals surface area contributed by atoms with E-state index < -0.39 is 0 Å². The van der Waals surface area contributed by atoms with Gasteiger partial charge in [-0.25, -0.2) is 0 Å². The number of nitrogens with two attached hydrogens (primary N) is 1. The van der Waals surface area contributed by atoms with Crippen molar-refractivity contribution in [3.05, 3.63) is 76.5 Å². The zero-order chi connectivity index (χ0) is 21.8. The minimum absolute atomic E-state index is 0.129. The highest BCUT2D eigenvalue weighted by atomic mass is 15.1. The average molecular weight is 414 g/mol. The van der Waals surface area contributed by atoms with E-state index in [2.05, 4.69) is 52.8 Å². The number of likely N-dealkylation sites (N-methyl/N-ethyl adjacent to an activating group) is 1. The van der Waals surface area contributed by atoms with E-state index in [4.69, 9.17) is 5.73 Å². The van der Waals surface area contributed by atoms with Crippen LogP contribution >= 0.6 is 0 Å². The average Bonchev–Trinajstić information content (AvgIpc) is 2.98. The Hall–Kier alpha value is -3.23. The van der Waals surface area contributed by atoms with Crippen LogP contribution in [0.25, 0.3) is 11.3 Å². The topological polar surface area (TPSA) is 77.1 Å². The first kappa shape index (κ1) is 21.0. The summed E-state index contributed by atoms with van der Waals surface area (Å²) in [4.78, 5) is 2.46. The molecule has 0 fully saturated rings. The number of hydrogen-bond acceptors (Lipinski definition) is 5. The highest BCUT2D eigenvalue weighted by molar-refractivity contribution is 5.75. The fourth-order valence-electron chi connectivity index (χ4n) is 4.51. The summed E-state index contributed by atoms with van der Waals surface area (Å²) in [5.41, 5.74) is 14.8. The zero-order valence-electron chi connectivity index (χ0n) is 18.4. The summed E-state index contributed by atoms with van der Waals surface area (Å²) in [7, 11) is 0. The number of nitrogens with zero attached hydrogens (tertiary/aromatic N) is 2. The number of allylic oxidation sites excluding steroid dienone is 1. The Kier molecular flexibility index (Phi) is 6.29. The van der Waals surface area contributed by atoms with Gasteiger partial charge in [-0.15, -0.1) is 0 Å². The quantitative estimate of drug-likeness (QED) is 0.690. The summed E-state index contributed by atoms with van der Waals surface area (Å²) < 4.78 is 0. The lowest BCUT2D eigenvalue weighted by molar-refractivity contribution is 0.319. The first-order chi connectivity index (χ1) is 15.1. The van der Waals surface area contributed by atoms with E-state index in [0.29, 0.717) is 5.56 Å². The molecule has 2 heterocycles. The van der Waals surface area contributed by atoms with Crippen molar-refractivity contribution in [2.24, 2.45) is 5.73 Å². The van der Waals surface area contributed by atoms with Gasteiger partial charge in [0.05, 0.1) is 23.4 Å². The SMILES string of the molecule is CCN1CC=C(c2ccc3c(c2)C(Nc2cccc(C#N)c2)CCN/C3=C(/C)N)CC1. The van der Waals surface area contributed by atoms with Crippen LogP contribution < -0.4 is 16.4 Å². The normalized spacial score (nSPS) is 20.5. The van der Waals surface area contributed by atoms with Crippen LogP contribution in [0.3, 0.4) is 0 Å². The highest BCUT2D eigenvalue weighted by Gasteiger charge is 2.23. The molecule has 2 aliphatic heterocycles. The standard InChI is InChI=1S/C26H31N5/c1-3-31-13-10-20(11-14-31)21-7-8-23-24(16-21)25(9-12-29-26(23)18(2)28)30-22-6-4-5-19(15-22)17-27/h4-8,10,15-16,25,29-30H,3,9,11-14,28H2,1-2H3/b26-18-. The zero-order valence-corrected chi connectivity index (χ0v) is 18.4. The Morgan fingerprint density at radius 1 is 1.29 bits per heavy atom. The van der Waals surface area contributed by atoms with Crippen LogP contribution in [-0.2, 0) is 0 Å². The minimum atomic E-state index is 0.129. The van der Waals surface area contributed by atoms with Gasteiger partial charge >= 0.3 is 0 Å². The Morgan fingerprint density at radius 3 is 2.87 bits per heavy atom. The molecular formula is C26H31N5. The van der Waals surface area contributed by atoms with Gasteiger partial charge in [0.25, 0.3) is 0 Å². The van der Waals surface area contributed by atoms with E-state index in [1.807, 2.05) is 31.2 Å². The fraction of sp³-hybridized carbons (Fsp3) is 0.346. The van der Waals surface area contributed by atoms with Gasteiger partial charge in [0, 0.05) is 36.6 Å². The first-order valence-corrected chi connectivity index (χ1v) is 11.1. The van der Waals surface area contributed by atoms with Crippen LogP contribution in [0.15, 0.2) is 54.2 Å². The van der Waals surface area contributed by atoms with Crippen LogP contribution in [0.1, 0.15) is 55.0 Å². The summed E-state index contributed by atoms with van der Waals surface area (Å²) in [6.07, 6.45) is 4.37. The molecule has 5 nitrogen and oxygen atoms in total. The van der Waals surface area contributed by atoms with Gasteiger partial charge < -0.3 is 16.4 Å². The smallest absolute Gasteiger partial charge is 0.0992 e. The van der Waals surface area contributed by atoms with Crippen molar-refractivity contribution >= 4 is 17.0 Å². The molecule has 2 aromatic carbocycles. The maximum Gasteiger partial charge on any atom is 0.0992 e. The van der Waals surface area contributed by atoms with Gasteiger partial charge in [0.1, 0.15) is 0 Å². The van der Waals surface area contributed by atoms with Crippen LogP contribution in [0.5, 0.6) is 0 Å². The number of nitriles is 1. The van der Waals surface area contributed by atoms with E-state index in [1.165, 1.54) is 16.7 Å². The number of fused-ring (bicyclic) bond motifs is 1. The van der Waals surface area contributed by atoms with Gasteiger partial charge in [-0.05, 0) is 67.3 Å². The summed E-state index contributed by atoms with van der Waals surface area (Å²) >= 11 is 0. The molecule has 160 valence electrons. The Bertz CT molecular complexity index is 1060. The molecule has 0 amide bonds. The van der Waals surface area contributed by atoms with E-state index >= 15 is 0 Å². The van der Waals surface area contributed by atoms with Gasteiger partial charge in [0.2, 0.25) is 0 Å². The lowest BCUT2D eigenvalue weighted by atomic mass is 9.90. The molecule has 0 radical (unpaired) electrons. The molecule has 4 rings (SSSR count). The molecule has 0 saturated carbocycles. The highest BCUT2D eigenvalue weighted by Crippen LogP contribution is 2.35. The van der Waals surface area contributed by atoms with E-state index in [1.54, 1.807) is 0 Å². The molecule has 0 bridgehead atoms. The Balaban J connectivity index is 1.73. The molecular weight excluding hydrogens is 382 g/mol. The van der Waals surface area contributed by atoms with Crippen molar-refractivity contribution in [2.75, 3.05) is 31.5 Å². The van der Waals surface area contributed by atoms with Crippen LogP contribution in [0.2, 0.25) is 0 Å². The predicted octanol–water partition coefficient (Wildman–Crippen LogP) is 4.46. The maximum atomic E-state index is 9.27. The predicted molar refractivity (Wildman–Crippen MR) is 128 cm³/mol. The summed E-state index contributed by atoms with van der Waals surface area (Å²) in [5, 5.41) is 16.5. The number of benzene rings is 2. The van der Waals surface area contributed by atoms with Gasteiger partial charge in [-0.2, -0.15) is 5.26 Å². The minimum Gasteiger partial charge on any atom is -0.401 e. The molecule has 0 aromatic heterocycles. The number of hydrogen-bond donors (Lipinski definition) is 3. The molecule has 1 atom stereocenters. The lowest BCUT2D eigenvalue weighted by Gasteiger charge is -2.26. The molecule has 5 heteroatoms. The van der Waals surface area contributed by atoms with Crippen LogP contribution in [-0.4, -0.2) is 31.1 Å². The van der Waals surface area contributed by atoms with Crippen molar-refractivity contribution in [1.82, 2.24) is 10.2 Å². The molecule has 0 spiro atoms. The second kappa shape index (κ2) is 9.28. The first-order valence-electron chi connectivity index (χ1n) is 11.1. The van der Waals surface area contributed by atoms with Gasteiger partial charge in [-0.1, -0.05) is 31.2 Å². The van der Waals surface area contributed by atoms with Gasteiger partial charge in [0.15, 0.2) is 0 Å². The van der Waals surface area contributed by atoms with E-state index in [0.717, 1.165) is 61.7 Å². The molecule has 0 saturated heterocycles. The van der Waals surface area contributed by atoms with Crippen LogP contribution in [0.4, 0.5) is 5.69 Å². The third-order valence-corrected chi connectivity index (χ3v) is 6.27. The van der Waals surface area contributed by atoms with Crippen molar-refractivity contribution in [3.63, 3.8) is 0 Å². The molecule has 4 N–H and O–H groups in total. The third-order valence-electron chi connectivity index (χ3n) is 6.27. The Morgan fingerprint density at radius 2 is 2.16 bits per heavy atom. The van der Waals surface area contributed by atoms with E-state index in [-0.39, 0.29) is 6.04 Å². The largest absolute Gasteiger partial charge is 0.401 e. The molecule has 1 unspecified atom stereocenters. The van der Waals surface area contributed by atoms with Crippen LogP contribution in [0, 0.1) is 11.3 Å². The molecule has 2 aliphatic rings. The van der Waals surface area contributed by atoms with Gasteiger partial charge in [-0.3, -0.25) is 4.90 Å². The maximum absolute atomic E-state index is 9.27. The van der Waals surface area contributed by atoms with Crippen molar-refractivity contribution in [1.29, 1.82) is 5.26 Å². The van der Waals surface area contributed by atoms with Crippen molar-refractivity contribution < 1.29 is 0 Å². The fourth-order valence-corrected chi connectivity index (χ4v) is 4.51. The molecule has 0 aliphatic carbocycles.